The number of hydrogen-bond donors (Lipinski definition) is 0. The minimum atomic E-state index is 1.01. The summed E-state index contributed by atoms with van der Waals surface area (Å²) in [5.74, 6) is 0. The third kappa shape index (κ3) is 4.77. The number of allylic oxidation sites excluding steroid dienone is 6. The molecule has 1 aliphatic heterocycles. The Morgan fingerprint density at radius 2 is 1.56 bits per heavy atom. The van der Waals surface area contributed by atoms with E-state index in [1.54, 1.807) is 12.2 Å². The summed E-state index contributed by atoms with van der Waals surface area (Å²) < 4.78 is 0. The number of benzene rings is 2. The SMILES string of the molecule is C=C/C=C(C=C)\C=C/C.CCN1c2ccccc2Sc2ccccc21. The first-order chi connectivity index (χ1) is 12.2. The third-order valence-electron chi connectivity index (χ3n) is 3.75. The van der Waals surface area contributed by atoms with Crippen LogP contribution in [0.15, 0.2) is 107 Å². The highest BCUT2D eigenvalue weighted by Gasteiger charge is 2.20. The average molecular weight is 348 g/mol. The minimum absolute atomic E-state index is 1.01. The zero-order valence-electron chi connectivity index (χ0n) is 15.0. The van der Waals surface area contributed by atoms with Gasteiger partial charge in [-0.3, -0.25) is 0 Å². The summed E-state index contributed by atoms with van der Waals surface area (Å²) in [6, 6.07) is 17.2. The highest BCUT2D eigenvalue weighted by molar-refractivity contribution is 7.99. The van der Waals surface area contributed by atoms with Crippen molar-refractivity contribution in [3.05, 3.63) is 97.6 Å². The Bertz CT molecular complexity index is 741. The molecule has 0 radical (unpaired) electrons. The molecule has 3 rings (SSSR count). The van der Waals surface area contributed by atoms with Gasteiger partial charge in [-0.05, 0) is 43.7 Å². The Balaban J connectivity index is 0.000000217. The summed E-state index contributed by atoms with van der Waals surface area (Å²) in [6.45, 7) is 12.4. The van der Waals surface area contributed by atoms with E-state index < -0.39 is 0 Å². The lowest BCUT2D eigenvalue weighted by molar-refractivity contribution is 0.979. The second-order valence-electron chi connectivity index (χ2n) is 5.39. The van der Waals surface area contributed by atoms with Gasteiger partial charge in [-0.2, -0.15) is 0 Å². The number of fused-ring (bicyclic) bond motifs is 2. The molecular weight excluding hydrogens is 322 g/mol. The smallest absolute Gasteiger partial charge is 0.0552 e. The van der Waals surface area contributed by atoms with Crippen molar-refractivity contribution < 1.29 is 0 Å². The normalized spacial score (nSPS) is 12.7. The molecule has 0 aromatic heterocycles. The standard InChI is InChI=1S/C14H13NS.C9H12/c1-2-15-11-7-3-5-9-13(11)16-14-10-6-4-8-12(14)15;1-4-7-9(6-3)8-5-2/h3-10H,2H2,1H3;4-8H,1,3H2,2H3/b;8-5-,9-7-. The summed E-state index contributed by atoms with van der Waals surface area (Å²) in [5.41, 5.74) is 3.75. The third-order valence-corrected chi connectivity index (χ3v) is 4.88. The summed E-state index contributed by atoms with van der Waals surface area (Å²) in [7, 11) is 0. The molecule has 0 fully saturated rings. The minimum Gasteiger partial charge on any atom is -0.340 e. The maximum Gasteiger partial charge on any atom is 0.0552 e. The van der Waals surface area contributed by atoms with Crippen LogP contribution in [0.1, 0.15) is 13.8 Å². The van der Waals surface area contributed by atoms with Crippen molar-refractivity contribution in [2.24, 2.45) is 0 Å². The van der Waals surface area contributed by atoms with Crippen LogP contribution in [0, 0.1) is 0 Å². The first kappa shape index (κ1) is 18.9. The van der Waals surface area contributed by atoms with Crippen molar-refractivity contribution in [1.82, 2.24) is 0 Å². The quantitative estimate of drug-likeness (QED) is 0.539. The molecule has 0 saturated heterocycles. The predicted molar refractivity (Wildman–Crippen MR) is 113 cm³/mol. The van der Waals surface area contributed by atoms with Crippen LogP contribution in [0.2, 0.25) is 0 Å². The van der Waals surface area contributed by atoms with Gasteiger partial charge in [0, 0.05) is 16.3 Å². The number of anilines is 2. The molecular formula is C23H25NS. The second kappa shape index (κ2) is 9.75. The Morgan fingerprint density at radius 3 is 2.00 bits per heavy atom. The Kier molecular flexibility index (Phi) is 7.36. The maximum absolute atomic E-state index is 3.63. The van der Waals surface area contributed by atoms with Crippen molar-refractivity contribution >= 4 is 23.1 Å². The van der Waals surface area contributed by atoms with Crippen molar-refractivity contribution in [3.8, 4) is 0 Å². The number of nitrogens with zero attached hydrogens (tertiary/aromatic N) is 1. The first-order valence-electron chi connectivity index (χ1n) is 8.46. The molecule has 0 bridgehead atoms. The highest BCUT2D eigenvalue weighted by Crippen LogP contribution is 2.47. The molecule has 2 heteroatoms. The Hall–Kier alpha value is -2.45. The highest BCUT2D eigenvalue weighted by atomic mass is 32.2. The van der Waals surface area contributed by atoms with Crippen LogP contribution < -0.4 is 4.90 Å². The first-order valence-corrected chi connectivity index (χ1v) is 9.28. The van der Waals surface area contributed by atoms with Gasteiger partial charge in [0.15, 0.2) is 0 Å². The number of rotatable bonds is 4. The molecule has 1 nitrogen and oxygen atoms in total. The maximum atomic E-state index is 3.63. The fourth-order valence-electron chi connectivity index (χ4n) is 2.64. The van der Waals surface area contributed by atoms with E-state index >= 15 is 0 Å². The van der Waals surface area contributed by atoms with Crippen LogP contribution in [-0.4, -0.2) is 6.54 Å². The Morgan fingerprint density at radius 1 is 1.00 bits per heavy atom. The zero-order chi connectivity index (χ0) is 18.1. The van der Waals surface area contributed by atoms with Crippen molar-refractivity contribution in [2.75, 3.05) is 11.4 Å². The van der Waals surface area contributed by atoms with Gasteiger partial charge >= 0.3 is 0 Å². The molecule has 1 aliphatic rings. The van der Waals surface area contributed by atoms with E-state index in [0.717, 1.165) is 12.1 Å². The summed E-state index contributed by atoms with van der Waals surface area (Å²) in [6.07, 6.45) is 9.40. The lowest BCUT2D eigenvalue weighted by Crippen LogP contribution is -2.19. The fourth-order valence-corrected chi connectivity index (χ4v) is 3.74. The van der Waals surface area contributed by atoms with Crippen molar-refractivity contribution in [3.63, 3.8) is 0 Å². The van der Waals surface area contributed by atoms with Crippen LogP contribution >= 0.6 is 11.8 Å². The lowest BCUT2D eigenvalue weighted by Gasteiger charge is -2.31. The van der Waals surface area contributed by atoms with Gasteiger partial charge in [0.25, 0.3) is 0 Å². The van der Waals surface area contributed by atoms with E-state index in [9.17, 15) is 0 Å². The van der Waals surface area contributed by atoms with Gasteiger partial charge in [0.2, 0.25) is 0 Å². The number of hydrogen-bond acceptors (Lipinski definition) is 2. The van der Waals surface area contributed by atoms with E-state index in [2.05, 4.69) is 73.5 Å². The molecule has 0 spiro atoms. The van der Waals surface area contributed by atoms with Gasteiger partial charge in [-0.15, -0.1) is 0 Å². The molecule has 0 unspecified atom stereocenters. The number of para-hydroxylation sites is 2. The van der Waals surface area contributed by atoms with Gasteiger partial charge in [0.1, 0.15) is 0 Å². The molecule has 0 aliphatic carbocycles. The molecule has 1 heterocycles. The van der Waals surface area contributed by atoms with Gasteiger partial charge < -0.3 is 4.90 Å². The van der Waals surface area contributed by atoms with Gasteiger partial charge in [-0.1, -0.05) is 79.6 Å². The summed E-state index contributed by atoms with van der Waals surface area (Å²) in [5, 5.41) is 0. The molecule has 2 aromatic rings. The Labute approximate surface area is 156 Å². The summed E-state index contributed by atoms with van der Waals surface area (Å²) >= 11 is 1.86. The molecule has 0 saturated carbocycles. The van der Waals surface area contributed by atoms with E-state index in [4.69, 9.17) is 0 Å². The van der Waals surface area contributed by atoms with E-state index in [0.29, 0.717) is 0 Å². The lowest BCUT2D eigenvalue weighted by atomic mass is 10.2. The molecule has 2 aromatic carbocycles. The van der Waals surface area contributed by atoms with Crippen molar-refractivity contribution in [1.29, 1.82) is 0 Å². The van der Waals surface area contributed by atoms with E-state index in [1.807, 2.05) is 36.9 Å². The van der Waals surface area contributed by atoms with Crippen LogP contribution in [-0.2, 0) is 0 Å². The van der Waals surface area contributed by atoms with Crippen LogP contribution in [0.4, 0.5) is 11.4 Å². The van der Waals surface area contributed by atoms with Gasteiger partial charge in [0.05, 0.1) is 11.4 Å². The molecule has 128 valence electrons. The topological polar surface area (TPSA) is 3.24 Å². The monoisotopic (exact) mass is 347 g/mol. The molecule has 0 atom stereocenters. The van der Waals surface area contributed by atoms with Crippen molar-refractivity contribution in [2.45, 2.75) is 23.6 Å². The van der Waals surface area contributed by atoms with Crippen LogP contribution in [0.25, 0.3) is 0 Å². The zero-order valence-corrected chi connectivity index (χ0v) is 15.8. The predicted octanol–water partition coefficient (Wildman–Crippen LogP) is 7.17. The fraction of sp³-hybridized carbons (Fsp3) is 0.130. The summed E-state index contributed by atoms with van der Waals surface area (Å²) in [4.78, 5) is 5.08. The van der Waals surface area contributed by atoms with Crippen LogP contribution in [0.5, 0.6) is 0 Å². The van der Waals surface area contributed by atoms with Gasteiger partial charge in [-0.25, -0.2) is 0 Å². The largest absolute Gasteiger partial charge is 0.340 e. The molecule has 0 amide bonds. The molecule has 25 heavy (non-hydrogen) atoms. The average Bonchev–Trinajstić information content (AvgIpc) is 2.66. The van der Waals surface area contributed by atoms with E-state index in [-0.39, 0.29) is 0 Å². The molecule has 0 N–H and O–H groups in total. The van der Waals surface area contributed by atoms with E-state index in [1.165, 1.54) is 21.2 Å². The second-order valence-corrected chi connectivity index (χ2v) is 6.47. The van der Waals surface area contributed by atoms with Crippen LogP contribution in [0.3, 0.4) is 0 Å².